The number of aromatic nitrogens is 4. The molecule has 0 radical (unpaired) electrons. The highest BCUT2D eigenvalue weighted by Gasteiger charge is 2.10. The van der Waals surface area contributed by atoms with Crippen LogP contribution in [0, 0.1) is 6.92 Å². The molecule has 0 atom stereocenters. The highest BCUT2D eigenvalue weighted by molar-refractivity contribution is 6.30. The molecule has 0 spiro atoms. The molecule has 0 unspecified atom stereocenters. The van der Waals surface area contributed by atoms with Gasteiger partial charge in [0.05, 0.1) is 28.8 Å². The molecule has 26 heavy (non-hydrogen) atoms. The Morgan fingerprint density at radius 3 is 2.73 bits per heavy atom. The number of aliphatic imine (C=N–C) groups is 1. The zero-order chi connectivity index (χ0) is 18.1. The number of nitrogens with one attached hydrogen (secondary N) is 2. The molecule has 0 aliphatic carbocycles. The van der Waals surface area contributed by atoms with Gasteiger partial charge in [-0.15, -0.1) is 0 Å². The lowest BCUT2D eigenvalue weighted by Crippen LogP contribution is -2.17. The molecule has 130 valence electrons. The Balaban J connectivity index is 1.59. The maximum Gasteiger partial charge on any atom is 0.280 e. The van der Waals surface area contributed by atoms with Gasteiger partial charge in [-0.05, 0) is 43.3 Å². The van der Waals surface area contributed by atoms with Crippen LogP contribution in [-0.4, -0.2) is 26.0 Å². The molecule has 7 heteroatoms. The number of para-hydroxylation sites is 2. The van der Waals surface area contributed by atoms with Gasteiger partial charge in [0.15, 0.2) is 0 Å². The number of hydrogen-bond donors (Lipinski definition) is 2. The molecule has 0 saturated heterocycles. The third kappa shape index (κ3) is 3.07. The first kappa shape index (κ1) is 16.4. The average Bonchev–Trinajstić information content (AvgIpc) is 3.17. The Kier molecular flexibility index (Phi) is 4.18. The second-order valence-corrected chi connectivity index (χ2v) is 6.37. The first-order valence-electron chi connectivity index (χ1n) is 8.13. The summed E-state index contributed by atoms with van der Waals surface area (Å²) in [5.74, 6) is 0.758. The van der Waals surface area contributed by atoms with Crippen LogP contribution < -0.4 is 5.56 Å². The lowest BCUT2D eigenvalue weighted by atomic mass is 10.3. The van der Waals surface area contributed by atoms with Crippen LogP contribution >= 0.6 is 11.6 Å². The van der Waals surface area contributed by atoms with E-state index in [0.29, 0.717) is 17.1 Å². The van der Waals surface area contributed by atoms with E-state index in [0.717, 1.165) is 28.2 Å². The van der Waals surface area contributed by atoms with Gasteiger partial charge in [-0.25, -0.2) is 9.67 Å². The van der Waals surface area contributed by atoms with Gasteiger partial charge in [0.2, 0.25) is 0 Å². The van der Waals surface area contributed by atoms with Crippen molar-refractivity contribution in [3.63, 3.8) is 0 Å². The summed E-state index contributed by atoms with van der Waals surface area (Å²) in [5.41, 5.74) is 3.72. The number of H-pyrrole nitrogens is 2. The molecule has 4 aromatic rings. The highest BCUT2D eigenvalue weighted by atomic mass is 35.5. The summed E-state index contributed by atoms with van der Waals surface area (Å²) < 4.78 is 1.48. The first-order valence-corrected chi connectivity index (χ1v) is 8.50. The maximum absolute atomic E-state index is 12.6. The van der Waals surface area contributed by atoms with Crippen LogP contribution in [0.5, 0.6) is 0 Å². The minimum Gasteiger partial charge on any atom is -0.340 e. The van der Waals surface area contributed by atoms with Crippen molar-refractivity contribution in [2.75, 3.05) is 0 Å². The summed E-state index contributed by atoms with van der Waals surface area (Å²) in [6.45, 7) is 2.22. The zero-order valence-electron chi connectivity index (χ0n) is 14.0. The maximum atomic E-state index is 12.6. The lowest BCUT2D eigenvalue weighted by Gasteiger charge is -2.00. The van der Waals surface area contributed by atoms with E-state index in [-0.39, 0.29) is 5.56 Å². The van der Waals surface area contributed by atoms with E-state index in [1.807, 2.05) is 31.2 Å². The van der Waals surface area contributed by atoms with Crippen LogP contribution in [0.25, 0.3) is 16.7 Å². The third-order valence-corrected chi connectivity index (χ3v) is 4.35. The van der Waals surface area contributed by atoms with E-state index in [9.17, 15) is 4.79 Å². The molecule has 0 fully saturated rings. The van der Waals surface area contributed by atoms with E-state index in [1.54, 1.807) is 30.5 Å². The predicted octanol–water partition coefficient (Wildman–Crippen LogP) is 3.62. The molecule has 6 nitrogen and oxygen atoms in total. The minimum atomic E-state index is -0.154. The second-order valence-electron chi connectivity index (χ2n) is 5.94. The van der Waals surface area contributed by atoms with Crippen molar-refractivity contribution < 1.29 is 0 Å². The summed E-state index contributed by atoms with van der Waals surface area (Å²) in [7, 11) is 0. The molecule has 2 aromatic carbocycles. The molecule has 2 heterocycles. The number of rotatable bonds is 4. The fourth-order valence-electron chi connectivity index (χ4n) is 2.79. The van der Waals surface area contributed by atoms with Crippen LogP contribution in [0.15, 0.2) is 58.3 Å². The Labute approximate surface area is 154 Å². The second kappa shape index (κ2) is 6.65. The van der Waals surface area contributed by atoms with Gasteiger partial charge in [0.1, 0.15) is 5.82 Å². The van der Waals surface area contributed by atoms with Crippen LogP contribution in [0.2, 0.25) is 5.02 Å². The van der Waals surface area contributed by atoms with Crippen LogP contribution in [-0.2, 0) is 6.54 Å². The summed E-state index contributed by atoms with van der Waals surface area (Å²) in [6.07, 6.45) is 1.59. The largest absolute Gasteiger partial charge is 0.340 e. The van der Waals surface area contributed by atoms with Crippen molar-refractivity contribution in [2.45, 2.75) is 13.5 Å². The normalized spacial score (nSPS) is 11.6. The summed E-state index contributed by atoms with van der Waals surface area (Å²) >= 11 is 5.90. The number of imidazole rings is 1. The molecule has 0 saturated carbocycles. The zero-order valence-corrected chi connectivity index (χ0v) is 14.8. The smallest absolute Gasteiger partial charge is 0.280 e. The molecular formula is C19H16ClN5O. The highest BCUT2D eigenvalue weighted by Crippen LogP contribution is 2.13. The fraction of sp³-hybridized carbons (Fsp3) is 0.105. The van der Waals surface area contributed by atoms with Crippen LogP contribution in [0.3, 0.4) is 0 Å². The summed E-state index contributed by atoms with van der Waals surface area (Å²) in [4.78, 5) is 24.7. The van der Waals surface area contributed by atoms with Crippen molar-refractivity contribution >= 4 is 28.8 Å². The van der Waals surface area contributed by atoms with Crippen LogP contribution in [0.4, 0.5) is 0 Å². The van der Waals surface area contributed by atoms with E-state index in [2.05, 4.69) is 20.1 Å². The number of aryl methyl sites for hydroxylation is 1. The van der Waals surface area contributed by atoms with Gasteiger partial charge in [0, 0.05) is 16.9 Å². The van der Waals surface area contributed by atoms with E-state index in [4.69, 9.17) is 11.6 Å². The van der Waals surface area contributed by atoms with E-state index >= 15 is 0 Å². The van der Waals surface area contributed by atoms with Crippen molar-refractivity contribution in [1.29, 1.82) is 0 Å². The van der Waals surface area contributed by atoms with E-state index in [1.165, 1.54) is 4.68 Å². The predicted molar refractivity (Wildman–Crippen MR) is 104 cm³/mol. The van der Waals surface area contributed by atoms with Crippen molar-refractivity contribution in [2.24, 2.45) is 4.99 Å². The number of aromatic amines is 2. The van der Waals surface area contributed by atoms with Gasteiger partial charge >= 0.3 is 0 Å². The first-order chi connectivity index (χ1) is 12.6. The minimum absolute atomic E-state index is 0.154. The molecule has 0 bridgehead atoms. The number of benzene rings is 2. The number of fused-ring (bicyclic) bond motifs is 1. The molecule has 4 rings (SSSR count). The van der Waals surface area contributed by atoms with E-state index < -0.39 is 0 Å². The SMILES string of the molecule is Cc1[nH]n(-c2ccc(Cl)cc2)c(=O)c1C=NCc1nc2ccccc2[nH]1. The standard InChI is InChI=1S/C19H16ClN5O/c1-12-15(19(26)25(24-12)14-8-6-13(20)7-9-14)10-21-11-18-22-16-4-2-3-5-17(16)23-18/h2-10,24H,11H2,1H3,(H,22,23). The van der Waals surface area contributed by atoms with Gasteiger partial charge in [-0.3, -0.25) is 14.9 Å². The molecule has 2 aromatic heterocycles. The molecule has 0 aliphatic heterocycles. The monoisotopic (exact) mass is 365 g/mol. The lowest BCUT2D eigenvalue weighted by molar-refractivity contribution is 0.835. The van der Waals surface area contributed by atoms with Crippen molar-refractivity contribution in [1.82, 2.24) is 19.7 Å². The number of hydrogen-bond acceptors (Lipinski definition) is 3. The van der Waals surface area contributed by atoms with Gasteiger partial charge in [-0.2, -0.15) is 0 Å². The summed E-state index contributed by atoms with van der Waals surface area (Å²) in [5, 5.41) is 3.69. The molecule has 0 aliphatic rings. The quantitative estimate of drug-likeness (QED) is 0.542. The van der Waals surface area contributed by atoms with Crippen molar-refractivity contribution in [3.05, 3.63) is 81.0 Å². The Morgan fingerprint density at radius 2 is 1.96 bits per heavy atom. The Hall–Kier alpha value is -3.12. The molecular weight excluding hydrogens is 350 g/mol. The number of nitrogens with zero attached hydrogens (tertiary/aromatic N) is 3. The molecule has 2 N–H and O–H groups in total. The average molecular weight is 366 g/mol. The van der Waals surface area contributed by atoms with Gasteiger partial charge in [-0.1, -0.05) is 23.7 Å². The Morgan fingerprint density at radius 1 is 1.19 bits per heavy atom. The van der Waals surface area contributed by atoms with Gasteiger partial charge < -0.3 is 4.98 Å². The van der Waals surface area contributed by atoms with Gasteiger partial charge in [0.25, 0.3) is 5.56 Å². The topological polar surface area (TPSA) is 78.8 Å². The Bertz CT molecular complexity index is 1120. The number of halogens is 1. The third-order valence-electron chi connectivity index (χ3n) is 4.10. The summed E-state index contributed by atoms with van der Waals surface area (Å²) in [6, 6.07) is 14.9. The van der Waals surface area contributed by atoms with Crippen molar-refractivity contribution in [3.8, 4) is 5.69 Å². The fourth-order valence-corrected chi connectivity index (χ4v) is 2.91. The molecule has 0 amide bonds. The van der Waals surface area contributed by atoms with Crippen LogP contribution in [0.1, 0.15) is 17.1 Å².